The van der Waals surface area contributed by atoms with Crippen LogP contribution in [-0.4, -0.2) is 231 Å². The van der Waals surface area contributed by atoms with Crippen LogP contribution < -0.4 is 21.3 Å². The minimum absolute atomic E-state index is 0.0104. The standard InChI is InChI=1S/C52H95N4O23P/c1-31(2)80(71,72)76-27-11-23-53-39(61)13-8-14-42(64)56-52(18-15-35(60)12-6-7-24-73-49-32(3)43(65)46(68)36(28-57)77-49,19-16-40(62)54-21-9-25-74-50-33(4)44(66)47(69)37(29-58)78-50)20-17-41(63)55-22-10-26-75-51-34(5)45(67)48(70)38(30-59)79-51/h31-34,36-38,43-51,57-59,65-70H,6-30H2,1-5H3,(H,53,61)(H,54,62)(H,55,63)(H,56,64)(H,71,72)/t32?,33?,34?,36?,37?,38?,43-,44-,45-,46+,47+,48+,49-,50-,51-,52?/m1/s1. The van der Waals surface area contributed by atoms with Gasteiger partial charge in [-0.2, -0.15) is 0 Å². The van der Waals surface area contributed by atoms with E-state index in [1.54, 1.807) is 34.6 Å². The van der Waals surface area contributed by atoms with Gasteiger partial charge in [0.1, 0.15) is 42.4 Å². The molecule has 466 valence electrons. The molecule has 3 heterocycles. The van der Waals surface area contributed by atoms with E-state index in [9.17, 15) is 79.4 Å². The molecule has 3 rings (SSSR count). The van der Waals surface area contributed by atoms with Crippen LogP contribution in [0.5, 0.6) is 0 Å². The lowest BCUT2D eigenvalue weighted by molar-refractivity contribution is -0.282. The van der Waals surface area contributed by atoms with Crippen molar-refractivity contribution in [3.05, 3.63) is 0 Å². The molecular formula is C52H95N4O23P. The second-order valence-corrected chi connectivity index (χ2v) is 24.0. The molecule has 80 heavy (non-hydrogen) atoms. The minimum Gasteiger partial charge on any atom is -0.394 e. The number of ketones is 1. The molecule has 0 saturated carbocycles. The predicted octanol–water partition coefficient (Wildman–Crippen LogP) is -1.50. The lowest BCUT2D eigenvalue weighted by Gasteiger charge is -2.40. The summed E-state index contributed by atoms with van der Waals surface area (Å²) in [6, 6.07) is 0. The molecule has 0 aromatic rings. The molecule has 4 amide bonds. The zero-order valence-corrected chi connectivity index (χ0v) is 48.0. The third kappa shape index (κ3) is 24.0. The van der Waals surface area contributed by atoms with Gasteiger partial charge in [0.05, 0.1) is 63.6 Å². The summed E-state index contributed by atoms with van der Waals surface area (Å²) in [6.07, 6.45) is -12.0. The largest absolute Gasteiger partial charge is 0.394 e. The first kappa shape index (κ1) is 71.4. The highest BCUT2D eigenvalue weighted by Gasteiger charge is 2.45. The van der Waals surface area contributed by atoms with Crippen molar-refractivity contribution in [2.45, 2.75) is 216 Å². The minimum atomic E-state index is -3.77. The molecule has 27 nitrogen and oxygen atoms in total. The van der Waals surface area contributed by atoms with Gasteiger partial charge >= 0.3 is 7.60 Å². The molecule has 3 fully saturated rings. The van der Waals surface area contributed by atoms with E-state index < -0.39 is 148 Å². The Labute approximate surface area is 469 Å². The summed E-state index contributed by atoms with van der Waals surface area (Å²) in [5, 5.41) is 102. The van der Waals surface area contributed by atoms with Crippen LogP contribution in [0.2, 0.25) is 0 Å². The van der Waals surface area contributed by atoms with Crippen molar-refractivity contribution < 1.29 is 112 Å². The fourth-order valence-corrected chi connectivity index (χ4v) is 9.99. The number of amides is 4. The van der Waals surface area contributed by atoms with E-state index in [0.717, 1.165) is 0 Å². The molecule has 3 saturated heterocycles. The Morgan fingerprint density at radius 3 is 1.25 bits per heavy atom. The van der Waals surface area contributed by atoms with Crippen LogP contribution in [0.4, 0.5) is 0 Å². The summed E-state index contributed by atoms with van der Waals surface area (Å²) in [6.45, 7) is 7.12. The molecule has 3 aliphatic heterocycles. The van der Waals surface area contributed by atoms with Crippen LogP contribution in [0.1, 0.15) is 131 Å². The molecule has 0 bridgehead atoms. The van der Waals surface area contributed by atoms with Crippen molar-refractivity contribution in [1.82, 2.24) is 21.3 Å². The first-order valence-corrected chi connectivity index (χ1v) is 29.9. The van der Waals surface area contributed by atoms with Gasteiger partial charge in [-0.25, -0.2) is 0 Å². The molecular weight excluding hydrogens is 1080 g/mol. The second-order valence-electron chi connectivity index (χ2n) is 21.6. The van der Waals surface area contributed by atoms with E-state index >= 15 is 0 Å². The lowest BCUT2D eigenvalue weighted by atomic mass is 9.82. The molecule has 0 spiro atoms. The number of hydrogen-bond donors (Lipinski definition) is 14. The number of hydrogen-bond acceptors (Lipinski definition) is 22. The Bertz CT molecular complexity index is 1740. The number of nitrogens with one attached hydrogen (secondary N) is 4. The van der Waals surface area contributed by atoms with Gasteiger partial charge in [-0.1, -0.05) is 34.6 Å². The Balaban J connectivity index is 1.69. The molecule has 16 atom stereocenters. The third-order valence-electron chi connectivity index (χ3n) is 14.9. The van der Waals surface area contributed by atoms with E-state index in [1.165, 1.54) is 0 Å². The SMILES string of the molecule is CC1[C@H](OCCCCC(=O)CCC(CCC(=O)NCCCO[C@@H]2OC(CO)[C@H](O)[C@H](O)C2C)(CCC(=O)NCCCO[C@@H]2OC(CO)[C@H](O)[C@H](O)C2C)NC(=O)CCCC(=O)NCCCOP(=O)(O)C(C)C)OC(CO)[C@H](O)[C@@H]1O. The van der Waals surface area contributed by atoms with Gasteiger partial charge in [0.2, 0.25) is 23.6 Å². The monoisotopic (exact) mass is 1170 g/mol. The van der Waals surface area contributed by atoms with Gasteiger partial charge < -0.3 is 105 Å². The number of carbonyl (C=O) groups is 5. The maximum absolute atomic E-state index is 13.9. The quantitative estimate of drug-likeness (QED) is 0.0246. The average molecular weight is 1180 g/mol. The molecule has 0 aromatic heterocycles. The molecule has 0 aromatic carbocycles. The van der Waals surface area contributed by atoms with Gasteiger partial charge in [-0.05, 0) is 57.8 Å². The van der Waals surface area contributed by atoms with Gasteiger partial charge in [0, 0.05) is 88.1 Å². The average Bonchev–Trinajstić information content (AvgIpc) is 3.48. The molecule has 14 N–H and O–H groups in total. The van der Waals surface area contributed by atoms with Crippen molar-refractivity contribution in [2.24, 2.45) is 17.8 Å². The van der Waals surface area contributed by atoms with Crippen molar-refractivity contribution >= 4 is 37.0 Å². The Kier molecular flexibility index (Phi) is 32.8. The van der Waals surface area contributed by atoms with Gasteiger partial charge in [-0.3, -0.25) is 28.5 Å². The maximum Gasteiger partial charge on any atom is 0.330 e. The Morgan fingerprint density at radius 1 is 0.487 bits per heavy atom. The first-order valence-electron chi connectivity index (χ1n) is 28.2. The van der Waals surface area contributed by atoms with E-state index in [4.69, 9.17) is 32.9 Å². The Hall–Kier alpha value is -2.90. The Morgan fingerprint density at radius 2 is 0.850 bits per heavy atom. The van der Waals surface area contributed by atoms with Gasteiger partial charge in [0.15, 0.2) is 18.9 Å². The molecule has 28 heteroatoms. The zero-order chi connectivity index (χ0) is 59.6. The van der Waals surface area contributed by atoms with Crippen LogP contribution in [0.25, 0.3) is 0 Å². The fraction of sp³-hybridized carbons (Fsp3) is 0.904. The number of rotatable bonds is 39. The van der Waals surface area contributed by atoms with E-state index in [0.29, 0.717) is 25.7 Å². The zero-order valence-electron chi connectivity index (χ0n) is 47.1. The molecule has 0 radical (unpaired) electrons. The van der Waals surface area contributed by atoms with Gasteiger partial charge in [-0.15, -0.1) is 0 Å². The highest BCUT2D eigenvalue weighted by molar-refractivity contribution is 7.53. The van der Waals surface area contributed by atoms with Crippen molar-refractivity contribution in [3.63, 3.8) is 0 Å². The molecule has 3 aliphatic rings. The fourth-order valence-electron chi connectivity index (χ4n) is 9.30. The number of Topliss-reactive ketones (excluding diaryl/α,β-unsaturated/α-hetero) is 1. The molecule has 7 unspecified atom stereocenters. The molecule has 0 aliphatic carbocycles. The maximum atomic E-state index is 13.9. The summed E-state index contributed by atoms with van der Waals surface area (Å²) >= 11 is 0. The highest BCUT2D eigenvalue weighted by Crippen LogP contribution is 2.47. The van der Waals surface area contributed by atoms with Crippen LogP contribution >= 0.6 is 7.60 Å². The van der Waals surface area contributed by atoms with E-state index in [2.05, 4.69) is 21.3 Å². The van der Waals surface area contributed by atoms with Crippen LogP contribution in [0.15, 0.2) is 0 Å². The summed E-state index contributed by atoms with van der Waals surface area (Å²) < 4.78 is 51.3. The van der Waals surface area contributed by atoms with Crippen molar-refractivity contribution in [2.75, 3.05) is 65.9 Å². The first-order chi connectivity index (χ1) is 37.9. The van der Waals surface area contributed by atoms with Crippen LogP contribution in [0, 0.1) is 17.8 Å². The summed E-state index contributed by atoms with van der Waals surface area (Å²) in [5.41, 5.74) is -1.88. The summed E-state index contributed by atoms with van der Waals surface area (Å²) in [5.74, 6) is -3.72. The lowest BCUT2D eigenvalue weighted by Crippen LogP contribution is -2.55. The highest BCUT2D eigenvalue weighted by atomic mass is 31.2. The number of carbonyl (C=O) groups excluding carboxylic acids is 5. The second kappa shape index (κ2) is 36.7. The van der Waals surface area contributed by atoms with Crippen LogP contribution in [0.3, 0.4) is 0 Å². The number of aliphatic hydroxyl groups is 9. The van der Waals surface area contributed by atoms with Crippen molar-refractivity contribution in [1.29, 1.82) is 0 Å². The third-order valence-corrected chi connectivity index (χ3v) is 16.7. The van der Waals surface area contributed by atoms with Gasteiger partial charge in [0.25, 0.3) is 0 Å². The van der Waals surface area contributed by atoms with E-state index in [-0.39, 0.29) is 128 Å². The van der Waals surface area contributed by atoms with Crippen LogP contribution in [-0.2, 0) is 61.5 Å². The van der Waals surface area contributed by atoms with E-state index in [1.807, 2.05) is 0 Å². The number of unbranched alkanes of at least 4 members (excludes halogenated alkanes) is 1. The van der Waals surface area contributed by atoms with Crippen molar-refractivity contribution in [3.8, 4) is 0 Å². The number of ether oxygens (including phenoxy) is 6. The number of aliphatic hydroxyl groups excluding tert-OH is 9. The topological polar surface area (TPSA) is 417 Å². The summed E-state index contributed by atoms with van der Waals surface area (Å²) in [4.78, 5) is 76.9. The normalized spacial score (nSPS) is 30.5. The summed E-state index contributed by atoms with van der Waals surface area (Å²) in [7, 11) is -3.77. The predicted molar refractivity (Wildman–Crippen MR) is 284 cm³/mol. The smallest absolute Gasteiger partial charge is 0.330 e.